The smallest absolute Gasteiger partial charge is 0.343 e. The third kappa shape index (κ3) is 4.53. The van der Waals surface area contributed by atoms with Crippen LogP contribution in [0.1, 0.15) is 31.9 Å². The van der Waals surface area contributed by atoms with Crippen molar-refractivity contribution >= 4 is 17.9 Å². The van der Waals surface area contributed by atoms with Crippen LogP contribution < -0.4 is 5.73 Å². The Morgan fingerprint density at radius 3 is 2.00 bits per heavy atom. The lowest BCUT2D eigenvalue weighted by atomic mass is 9.89. The Morgan fingerprint density at radius 2 is 1.61 bits per heavy atom. The number of rotatable bonds is 5. The van der Waals surface area contributed by atoms with E-state index in [1.807, 2.05) is 0 Å². The zero-order chi connectivity index (χ0) is 17.8. The molecular formula is C16H21NO6. The highest BCUT2D eigenvalue weighted by molar-refractivity contribution is 6.05. The minimum atomic E-state index is -2.12. The van der Waals surface area contributed by atoms with Crippen molar-refractivity contribution in [3.63, 3.8) is 0 Å². The molecule has 1 atom stereocenters. The zero-order valence-electron chi connectivity index (χ0n) is 13.6. The van der Waals surface area contributed by atoms with Crippen molar-refractivity contribution in [2.75, 3.05) is 7.11 Å². The molecule has 0 saturated carbocycles. The number of benzene rings is 1. The fraction of sp³-hybridized carbons (Fsp3) is 0.438. The topological polar surface area (TPSA) is 116 Å². The summed E-state index contributed by atoms with van der Waals surface area (Å²) in [7, 11) is 1.12. The monoisotopic (exact) mass is 323 g/mol. The number of carbonyl (C=O) groups excluding carboxylic acids is 2. The highest BCUT2D eigenvalue weighted by Gasteiger charge is 2.48. The second-order valence-corrected chi connectivity index (χ2v) is 6.07. The first-order valence-corrected chi connectivity index (χ1v) is 6.92. The molecule has 0 spiro atoms. The van der Waals surface area contributed by atoms with Crippen LogP contribution >= 0.6 is 0 Å². The summed E-state index contributed by atoms with van der Waals surface area (Å²) < 4.78 is 9.86. The van der Waals surface area contributed by atoms with E-state index >= 15 is 0 Å². The van der Waals surface area contributed by atoms with Gasteiger partial charge in [-0.3, -0.25) is 4.79 Å². The van der Waals surface area contributed by atoms with E-state index in [-0.39, 0.29) is 12.0 Å². The van der Waals surface area contributed by atoms with Crippen molar-refractivity contribution in [2.24, 2.45) is 5.73 Å². The second kappa shape index (κ2) is 6.78. The number of carboxylic acids is 1. The third-order valence-electron chi connectivity index (χ3n) is 2.99. The zero-order valence-corrected chi connectivity index (χ0v) is 13.6. The van der Waals surface area contributed by atoms with Gasteiger partial charge in [0.1, 0.15) is 5.60 Å². The summed E-state index contributed by atoms with van der Waals surface area (Å²) >= 11 is 0. The van der Waals surface area contributed by atoms with E-state index in [0.29, 0.717) is 5.56 Å². The molecule has 1 aromatic rings. The van der Waals surface area contributed by atoms with Gasteiger partial charge in [0.25, 0.3) is 0 Å². The average Bonchev–Trinajstić information content (AvgIpc) is 2.43. The largest absolute Gasteiger partial charge is 0.481 e. The molecule has 1 rings (SSSR count). The molecular weight excluding hydrogens is 302 g/mol. The van der Waals surface area contributed by atoms with Gasteiger partial charge in [0.2, 0.25) is 5.54 Å². The van der Waals surface area contributed by atoms with Crippen molar-refractivity contribution in [3.8, 4) is 0 Å². The molecule has 1 unspecified atom stereocenters. The van der Waals surface area contributed by atoms with Crippen LogP contribution in [0.4, 0.5) is 0 Å². The van der Waals surface area contributed by atoms with Gasteiger partial charge in [0.05, 0.1) is 13.5 Å². The molecule has 0 heterocycles. The predicted molar refractivity (Wildman–Crippen MR) is 81.5 cm³/mol. The summed E-state index contributed by atoms with van der Waals surface area (Å²) in [4.78, 5) is 35.2. The number of methoxy groups -OCH3 is 1. The Kier molecular flexibility index (Phi) is 5.50. The van der Waals surface area contributed by atoms with Gasteiger partial charge in [-0.05, 0) is 31.9 Å². The van der Waals surface area contributed by atoms with E-state index in [9.17, 15) is 14.4 Å². The molecule has 23 heavy (non-hydrogen) atoms. The van der Waals surface area contributed by atoms with E-state index in [4.69, 9.17) is 15.6 Å². The lowest BCUT2D eigenvalue weighted by molar-refractivity contribution is -0.171. The Balaban J connectivity index is 3.23. The van der Waals surface area contributed by atoms with Gasteiger partial charge in [-0.15, -0.1) is 0 Å². The van der Waals surface area contributed by atoms with Gasteiger partial charge in [0.15, 0.2) is 0 Å². The first-order chi connectivity index (χ1) is 10.5. The SMILES string of the molecule is COC(=O)C(N)(C(=O)OC(C)(C)C)c1ccc(CC(=O)O)cc1. The molecule has 3 N–H and O–H groups in total. The highest BCUT2D eigenvalue weighted by atomic mass is 16.6. The molecule has 1 aromatic carbocycles. The fourth-order valence-corrected chi connectivity index (χ4v) is 1.90. The van der Waals surface area contributed by atoms with E-state index in [2.05, 4.69) is 4.74 Å². The number of hydrogen-bond acceptors (Lipinski definition) is 6. The molecule has 0 bridgehead atoms. The number of esters is 2. The van der Waals surface area contributed by atoms with Gasteiger partial charge < -0.3 is 20.3 Å². The summed E-state index contributed by atoms with van der Waals surface area (Å²) in [6, 6.07) is 5.80. The Hall–Kier alpha value is -2.41. The predicted octanol–water partition coefficient (Wildman–Crippen LogP) is 0.982. The first-order valence-electron chi connectivity index (χ1n) is 6.92. The summed E-state index contributed by atoms with van der Waals surface area (Å²) in [5.41, 5.74) is 3.73. The van der Waals surface area contributed by atoms with Crippen molar-refractivity contribution in [1.82, 2.24) is 0 Å². The van der Waals surface area contributed by atoms with Crippen LogP contribution in [0, 0.1) is 0 Å². The van der Waals surface area contributed by atoms with Gasteiger partial charge in [-0.2, -0.15) is 0 Å². The molecule has 0 radical (unpaired) electrons. The van der Waals surface area contributed by atoms with Crippen molar-refractivity contribution in [2.45, 2.75) is 38.3 Å². The minimum Gasteiger partial charge on any atom is -0.481 e. The average molecular weight is 323 g/mol. The van der Waals surface area contributed by atoms with E-state index in [0.717, 1.165) is 7.11 Å². The van der Waals surface area contributed by atoms with Crippen LogP contribution in [-0.4, -0.2) is 35.7 Å². The quantitative estimate of drug-likeness (QED) is 0.613. The number of carbonyl (C=O) groups is 3. The normalized spacial score (nSPS) is 13.8. The standard InChI is InChI=1S/C16H21NO6/c1-15(2,3)23-14(21)16(17,13(20)22-4)11-7-5-10(6-8-11)9-12(18)19/h5-8H,9,17H2,1-4H3,(H,18,19). The number of nitrogens with two attached hydrogens (primary N) is 1. The Morgan fingerprint density at radius 1 is 1.09 bits per heavy atom. The number of carboxylic acid groups (broad SMARTS) is 1. The van der Waals surface area contributed by atoms with E-state index in [1.165, 1.54) is 24.3 Å². The molecule has 0 fully saturated rings. The van der Waals surface area contributed by atoms with Gasteiger partial charge >= 0.3 is 17.9 Å². The molecule has 0 saturated heterocycles. The maximum absolute atomic E-state index is 12.4. The molecule has 7 nitrogen and oxygen atoms in total. The van der Waals surface area contributed by atoms with Crippen LogP contribution in [-0.2, 0) is 35.8 Å². The van der Waals surface area contributed by atoms with E-state index in [1.54, 1.807) is 20.8 Å². The van der Waals surface area contributed by atoms with Crippen LogP contribution in [0.5, 0.6) is 0 Å². The summed E-state index contributed by atoms with van der Waals surface area (Å²) in [6.07, 6.45) is -0.178. The first kappa shape index (κ1) is 18.6. The molecule has 126 valence electrons. The molecule has 0 aromatic heterocycles. The summed E-state index contributed by atoms with van der Waals surface area (Å²) in [6.45, 7) is 4.95. The molecule has 0 aliphatic rings. The molecule has 0 aliphatic heterocycles. The van der Waals surface area contributed by atoms with Crippen molar-refractivity contribution in [1.29, 1.82) is 0 Å². The van der Waals surface area contributed by atoms with Gasteiger partial charge in [-0.1, -0.05) is 24.3 Å². The van der Waals surface area contributed by atoms with Crippen molar-refractivity contribution in [3.05, 3.63) is 35.4 Å². The maximum atomic E-state index is 12.4. The maximum Gasteiger partial charge on any atom is 0.343 e. The summed E-state index contributed by atoms with van der Waals surface area (Å²) in [5, 5.41) is 8.77. The van der Waals surface area contributed by atoms with Crippen LogP contribution in [0.15, 0.2) is 24.3 Å². The number of aliphatic carboxylic acids is 1. The third-order valence-corrected chi connectivity index (χ3v) is 2.99. The Labute approximate surface area is 134 Å². The molecule has 0 amide bonds. The lowest BCUT2D eigenvalue weighted by Gasteiger charge is -2.29. The lowest BCUT2D eigenvalue weighted by Crippen LogP contribution is -2.54. The fourth-order valence-electron chi connectivity index (χ4n) is 1.90. The Bertz CT molecular complexity index is 602. The van der Waals surface area contributed by atoms with Gasteiger partial charge in [0, 0.05) is 0 Å². The summed E-state index contributed by atoms with van der Waals surface area (Å²) in [5.74, 6) is -2.89. The van der Waals surface area contributed by atoms with Gasteiger partial charge in [-0.25, -0.2) is 9.59 Å². The van der Waals surface area contributed by atoms with Crippen LogP contribution in [0.25, 0.3) is 0 Å². The minimum absolute atomic E-state index is 0.160. The number of hydrogen-bond donors (Lipinski definition) is 2. The van der Waals surface area contributed by atoms with E-state index < -0.39 is 29.0 Å². The van der Waals surface area contributed by atoms with Crippen LogP contribution in [0.2, 0.25) is 0 Å². The molecule has 7 heteroatoms. The van der Waals surface area contributed by atoms with Crippen molar-refractivity contribution < 1.29 is 29.0 Å². The van der Waals surface area contributed by atoms with Crippen LogP contribution in [0.3, 0.4) is 0 Å². The second-order valence-electron chi connectivity index (χ2n) is 6.07. The molecule has 0 aliphatic carbocycles. The number of ether oxygens (including phenoxy) is 2. The highest BCUT2D eigenvalue weighted by Crippen LogP contribution is 2.25.